The van der Waals surface area contributed by atoms with Gasteiger partial charge in [-0.1, -0.05) is 65.2 Å². The van der Waals surface area contributed by atoms with E-state index in [9.17, 15) is 0 Å². The van der Waals surface area contributed by atoms with Crippen LogP contribution in [0.5, 0.6) is 0 Å². The van der Waals surface area contributed by atoms with Crippen LogP contribution in [0.4, 0.5) is 0 Å². The van der Waals surface area contributed by atoms with Gasteiger partial charge in [-0.2, -0.15) is 0 Å². The number of aryl methyl sites for hydroxylation is 2. The SMILES string of the molecule is CCCCCCCCCCCC[n+]1cccc(CC)c1.[Cl-]. The van der Waals surface area contributed by atoms with Gasteiger partial charge in [-0.05, 0) is 18.9 Å². The lowest BCUT2D eigenvalue weighted by Crippen LogP contribution is -3.00. The first-order chi connectivity index (χ1) is 9.86. The summed E-state index contributed by atoms with van der Waals surface area (Å²) in [5.74, 6) is 0. The number of pyridine rings is 1. The van der Waals surface area contributed by atoms with E-state index in [4.69, 9.17) is 0 Å². The van der Waals surface area contributed by atoms with Gasteiger partial charge in [-0.15, -0.1) is 0 Å². The van der Waals surface area contributed by atoms with Gasteiger partial charge < -0.3 is 12.4 Å². The van der Waals surface area contributed by atoms with Crippen LogP contribution in [0.25, 0.3) is 0 Å². The lowest BCUT2D eigenvalue weighted by molar-refractivity contribution is -0.697. The van der Waals surface area contributed by atoms with Crippen molar-refractivity contribution >= 4 is 0 Å². The summed E-state index contributed by atoms with van der Waals surface area (Å²) in [6.45, 7) is 5.69. The van der Waals surface area contributed by atoms with Gasteiger partial charge in [0.1, 0.15) is 6.54 Å². The summed E-state index contributed by atoms with van der Waals surface area (Å²) >= 11 is 0. The molecule has 0 unspecified atom stereocenters. The molecule has 2 heteroatoms. The topological polar surface area (TPSA) is 3.88 Å². The molecular weight excluding hydrogens is 278 g/mol. The average Bonchev–Trinajstić information content (AvgIpc) is 2.49. The minimum absolute atomic E-state index is 0. The maximum absolute atomic E-state index is 2.35. The largest absolute Gasteiger partial charge is 1.00 e. The van der Waals surface area contributed by atoms with E-state index in [1.54, 1.807) is 0 Å². The van der Waals surface area contributed by atoms with Crippen LogP contribution in [-0.2, 0) is 13.0 Å². The molecule has 0 amide bonds. The maximum atomic E-state index is 2.35. The lowest BCUT2D eigenvalue weighted by Gasteiger charge is -2.02. The quantitative estimate of drug-likeness (QED) is 0.412. The van der Waals surface area contributed by atoms with E-state index in [2.05, 4.69) is 42.9 Å². The second kappa shape index (κ2) is 14.4. The normalized spacial score (nSPS) is 10.4. The third-order valence-electron chi connectivity index (χ3n) is 4.10. The van der Waals surface area contributed by atoms with Crippen LogP contribution in [0.2, 0.25) is 0 Å². The van der Waals surface area contributed by atoms with Crippen LogP contribution in [0, 0.1) is 0 Å². The highest BCUT2D eigenvalue weighted by molar-refractivity contribution is 5.04. The van der Waals surface area contributed by atoms with Crippen molar-refractivity contribution in [2.75, 3.05) is 0 Å². The molecule has 0 aromatic carbocycles. The molecule has 0 N–H and O–H groups in total. The first-order valence-corrected chi connectivity index (χ1v) is 8.84. The van der Waals surface area contributed by atoms with E-state index >= 15 is 0 Å². The number of hydrogen-bond donors (Lipinski definition) is 0. The monoisotopic (exact) mass is 311 g/mol. The van der Waals surface area contributed by atoms with Gasteiger partial charge in [0, 0.05) is 18.1 Å². The minimum atomic E-state index is 0. The summed E-state index contributed by atoms with van der Waals surface area (Å²) in [7, 11) is 0. The standard InChI is InChI=1S/C19H34N.ClH/c1-3-5-6-7-8-9-10-11-12-13-16-20-17-14-15-19(4-2)18-20;/h14-15,17-18H,3-13,16H2,1-2H3;1H/q+1;/p-1. The third kappa shape index (κ3) is 10.8. The summed E-state index contributed by atoms with van der Waals surface area (Å²) in [6, 6.07) is 4.39. The van der Waals surface area contributed by atoms with E-state index in [0.29, 0.717) is 0 Å². The average molecular weight is 312 g/mol. The molecule has 1 aromatic heterocycles. The van der Waals surface area contributed by atoms with Crippen LogP contribution in [-0.4, -0.2) is 0 Å². The number of nitrogens with zero attached hydrogens (tertiary/aromatic N) is 1. The fraction of sp³-hybridized carbons (Fsp3) is 0.737. The zero-order valence-corrected chi connectivity index (χ0v) is 14.9. The van der Waals surface area contributed by atoms with Crippen LogP contribution < -0.4 is 17.0 Å². The van der Waals surface area contributed by atoms with Crippen molar-refractivity contribution < 1.29 is 17.0 Å². The Bertz CT molecular complexity index is 338. The second-order valence-electron chi connectivity index (χ2n) is 5.99. The van der Waals surface area contributed by atoms with Gasteiger partial charge in [0.25, 0.3) is 0 Å². The van der Waals surface area contributed by atoms with Crippen molar-refractivity contribution in [3.05, 3.63) is 30.1 Å². The first-order valence-electron chi connectivity index (χ1n) is 8.84. The molecule has 0 saturated carbocycles. The molecule has 1 heterocycles. The Kier molecular flexibility index (Phi) is 14.0. The first kappa shape index (κ1) is 20.4. The fourth-order valence-electron chi connectivity index (χ4n) is 2.71. The van der Waals surface area contributed by atoms with Crippen molar-refractivity contribution in [3.63, 3.8) is 0 Å². The number of aromatic nitrogens is 1. The summed E-state index contributed by atoms with van der Waals surface area (Å²) in [5.41, 5.74) is 1.44. The molecule has 0 fully saturated rings. The number of halogens is 1. The van der Waals surface area contributed by atoms with Crippen molar-refractivity contribution in [3.8, 4) is 0 Å². The second-order valence-corrected chi connectivity index (χ2v) is 5.99. The number of unbranched alkanes of at least 4 members (excludes halogenated alkanes) is 9. The van der Waals surface area contributed by atoms with E-state index in [1.807, 2.05) is 0 Å². The van der Waals surface area contributed by atoms with Crippen molar-refractivity contribution in [2.24, 2.45) is 0 Å². The summed E-state index contributed by atoms with van der Waals surface area (Å²) in [6.07, 6.45) is 19.8. The molecule has 0 aliphatic carbocycles. The highest BCUT2D eigenvalue weighted by Crippen LogP contribution is 2.10. The molecule has 1 nitrogen and oxygen atoms in total. The highest BCUT2D eigenvalue weighted by atomic mass is 35.5. The van der Waals surface area contributed by atoms with Gasteiger partial charge in [-0.25, -0.2) is 4.57 Å². The van der Waals surface area contributed by atoms with E-state index in [-0.39, 0.29) is 12.4 Å². The molecule has 0 aliphatic rings. The van der Waals surface area contributed by atoms with Crippen LogP contribution in [0.3, 0.4) is 0 Å². The van der Waals surface area contributed by atoms with E-state index in [1.165, 1.54) is 76.3 Å². The van der Waals surface area contributed by atoms with Gasteiger partial charge in [0.05, 0.1) is 0 Å². The lowest BCUT2D eigenvalue weighted by atomic mass is 10.1. The Hall–Kier alpha value is -0.560. The molecule has 1 aromatic rings. The number of rotatable bonds is 12. The van der Waals surface area contributed by atoms with Crippen molar-refractivity contribution in [1.29, 1.82) is 0 Å². The Labute approximate surface area is 138 Å². The van der Waals surface area contributed by atoms with Gasteiger partial charge >= 0.3 is 0 Å². The van der Waals surface area contributed by atoms with E-state index < -0.39 is 0 Å². The molecule has 0 atom stereocenters. The molecule has 0 saturated heterocycles. The number of hydrogen-bond acceptors (Lipinski definition) is 0. The molecule has 0 aliphatic heterocycles. The van der Waals surface area contributed by atoms with Crippen LogP contribution in [0.15, 0.2) is 24.5 Å². The zero-order valence-electron chi connectivity index (χ0n) is 14.1. The molecule has 122 valence electrons. The zero-order chi connectivity index (χ0) is 14.5. The minimum Gasteiger partial charge on any atom is -1.00 e. The van der Waals surface area contributed by atoms with Crippen molar-refractivity contribution in [2.45, 2.75) is 91.0 Å². The molecule has 0 radical (unpaired) electrons. The maximum Gasteiger partial charge on any atom is 0.171 e. The van der Waals surface area contributed by atoms with Crippen LogP contribution in [0.1, 0.15) is 83.6 Å². The van der Waals surface area contributed by atoms with Crippen molar-refractivity contribution in [1.82, 2.24) is 0 Å². The summed E-state index contributed by atoms with van der Waals surface area (Å²) < 4.78 is 2.35. The molecular formula is C19H34ClN. The third-order valence-corrected chi connectivity index (χ3v) is 4.10. The Morgan fingerprint density at radius 1 is 0.810 bits per heavy atom. The summed E-state index contributed by atoms with van der Waals surface area (Å²) in [5, 5.41) is 0. The molecule has 0 bridgehead atoms. The van der Waals surface area contributed by atoms with Crippen LogP contribution >= 0.6 is 0 Å². The summed E-state index contributed by atoms with van der Waals surface area (Å²) in [4.78, 5) is 0. The predicted octanol–water partition coefficient (Wildman–Crippen LogP) is 2.46. The van der Waals surface area contributed by atoms with Gasteiger partial charge in [-0.3, -0.25) is 0 Å². The molecule has 21 heavy (non-hydrogen) atoms. The smallest absolute Gasteiger partial charge is 0.171 e. The molecule has 0 spiro atoms. The Balaban J connectivity index is 0.00000400. The van der Waals surface area contributed by atoms with Gasteiger partial charge in [0.15, 0.2) is 12.4 Å². The highest BCUT2D eigenvalue weighted by Gasteiger charge is 2.01. The van der Waals surface area contributed by atoms with E-state index in [0.717, 1.165) is 6.42 Å². The van der Waals surface area contributed by atoms with Gasteiger partial charge in [0.2, 0.25) is 0 Å². The fourth-order valence-corrected chi connectivity index (χ4v) is 2.71. The predicted molar refractivity (Wildman–Crippen MR) is 87.9 cm³/mol. The Morgan fingerprint density at radius 3 is 1.95 bits per heavy atom. The Morgan fingerprint density at radius 2 is 1.38 bits per heavy atom. The molecule has 1 rings (SSSR count).